The fraction of sp³-hybridized carbons (Fsp3) is 0.565. The molecule has 8 nitrogen and oxygen atoms in total. The van der Waals surface area contributed by atoms with Crippen molar-refractivity contribution in [3.05, 3.63) is 35.7 Å². The van der Waals surface area contributed by atoms with E-state index >= 15 is 0 Å². The number of rotatable bonds is 5. The van der Waals surface area contributed by atoms with Crippen LogP contribution in [0.3, 0.4) is 0 Å². The molecule has 2 amide bonds. The highest BCUT2D eigenvalue weighted by molar-refractivity contribution is 5.77. The predicted octanol–water partition coefficient (Wildman–Crippen LogP) is 3.87. The van der Waals surface area contributed by atoms with Gasteiger partial charge < -0.3 is 19.1 Å². The SMILES string of the molecule is CC(C)c1ccc(-c2noc(CCC(=O)N3CCN(C(=O)OC(C)(C)C)CC3)n2)cc1. The van der Waals surface area contributed by atoms with Gasteiger partial charge in [-0.05, 0) is 32.3 Å². The molecule has 168 valence electrons. The molecule has 3 rings (SSSR count). The Hall–Kier alpha value is -2.90. The zero-order valence-corrected chi connectivity index (χ0v) is 19.1. The number of ether oxygens (including phenoxy) is 1. The third-order valence-electron chi connectivity index (χ3n) is 5.14. The Balaban J connectivity index is 1.47. The molecule has 1 saturated heterocycles. The van der Waals surface area contributed by atoms with Crippen molar-refractivity contribution in [1.29, 1.82) is 0 Å². The largest absolute Gasteiger partial charge is 0.444 e. The number of hydrogen-bond acceptors (Lipinski definition) is 6. The molecule has 0 aliphatic carbocycles. The van der Waals surface area contributed by atoms with E-state index in [1.807, 2.05) is 32.9 Å². The molecule has 1 aromatic heterocycles. The van der Waals surface area contributed by atoms with Crippen molar-refractivity contribution < 1.29 is 18.8 Å². The first-order valence-corrected chi connectivity index (χ1v) is 10.8. The van der Waals surface area contributed by atoms with Crippen molar-refractivity contribution in [2.24, 2.45) is 0 Å². The van der Waals surface area contributed by atoms with Crippen molar-refractivity contribution >= 4 is 12.0 Å². The lowest BCUT2D eigenvalue weighted by atomic mass is 10.0. The van der Waals surface area contributed by atoms with Crippen molar-refractivity contribution in [2.75, 3.05) is 26.2 Å². The molecule has 0 N–H and O–H groups in total. The number of amides is 2. The fourth-order valence-corrected chi connectivity index (χ4v) is 3.33. The number of hydrogen-bond donors (Lipinski definition) is 0. The van der Waals surface area contributed by atoms with Crippen molar-refractivity contribution in [1.82, 2.24) is 19.9 Å². The van der Waals surface area contributed by atoms with Crippen LogP contribution in [0.25, 0.3) is 11.4 Å². The zero-order chi connectivity index (χ0) is 22.6. The molecular formula is C23H32N4O4. The average molecular weight is 429 g/mol. The Morgan fingerprint density at radius 1 is 1.06 bits per heavy atom. The second kappa shape index (κ2) is 9.49. The summed E-state index contributed by atoms with van der Waals surface area (Å²) in [4.78, 5) is 32.5. The average Bonchev–Trinajstić information content (AvgIpc) is 3.20. The molecule has 0 saturated carbocycles. The number of carbonyl (C=O) groups excluding carboxylic acids is 2. The summed E-state index contributed by atoms with van der Waals surface area (Å²) in [6, 6.07) is 8.10. The quantitative estimate of drug-likeness (QED) is 0.718. The Kier molecular flexibility index (Phi) is 6.97. The minimum absolute atomic E-state index is 0.0184. The van der Waals surface area contributed by atoms with Gasteiger partial charge in [0.15, 0.2) is 0 Å². The van der Waals surface area contributed by atoms with Gasteiger partial charge in [0.05, 0.1) is 0 Å². The normalized spacial score (nSPS) is 14.8. The third kappa shape index (κ3) is 6.29. The fourth-order valence-electron chi connectivity index (χ4n) is 3.33. The number of aromatic nitrogens is 2. The maximum atomic E-state index is 12.6. The lowest BCUT2D eigenvalue weighted by Crippen LogP contribution is -2.51. The smallest absolute Gasteiger partial charge is 0.410 e. The van der Waals surface area contributed by atoms with E-state index in [0.717, 1.165) is 5.56 Å². The van der Waals surface area contributed by atoms with Crippen LogP contribution in [0, 0.1) is 0 Å². The molecule has 2 heterocycles. The van der Waals surface area contributed by atoms with Gasteiger partial charge in [0, 0.05) is 44.6 Å². The second-order valence-corrected chi connectivity index (χ2v) is 9.14. The van der Waals surface area contributed by atoms with Crippen molar-refractivity contribution in [3.63, 3.8) is 0 Å². The number of piperazine rings is 1. The van der Waals surface area contributed by atoms with Gasteiger partial charge in [-0.2, -0.15) is 4.98 Å². The van der Waals surface area contributed by atoms with Crippen LogP contribution in [-0.2, 0) is 16.0 Å². The van der Waals surface area contributed by atoms with Gasteiger partial charge in [0.25, 0.3) is 0 Å². The van der Waals surface area contributed by atoms with Gasteiger partial charge in [-0.15, -0.1) is 0 Å². The van der Waals surface area contributed by atoms with E-state index in [9.17, 15) is 9.59 Å². The zero-order valence-electron chi connectivity index (χ0n) is 19.1. The summed E-state index contributed by atoms with van der Waals surface area (Å²) in [6.07, 6.45) is 0.349. The van der Waals surface area contributed by atoms with E-state index in [2.05, 4.69) is 36.1 Å². The van der Waals surface area contributed by atoms with Crippen molar-refractivity contribution in [2.45, 2.75) is 59.0 Å². The molecule has 1 aliphatic rings. The van der Waals surface area contributed by atoms with E-state index in [-0.39, 0.29) is 12.0 Å². The van der Waals surface area contributed by atoms with E-state index in [0.29, 0.717) is 56.7 Å². The summed E-state index contributed by atoms with van der Waals surface area (Å²) < 4.78 is 10.7. The molecule has 1 aromatic carbocycles. The topological polar surface area (TPSA) is 88.8 Å². The van der Waals surface area contributed by atoms with E-state index < -0.39 is 5.60 Å². The van der Waals surface area contributed by atoms with E-state index in [1.54, 1.807) is 9.80 Å². The summed E-state index contributed by atoms with van der Waals surface area (Å²) in [5, 5.41) is 4.04. The summed E-state index contributed by atoms with van der Waals surface area (Å²) in [5.74, 6) is 1.46. The molecule has 8 heteroatoms. The summed E-state index contributed by atoms with van der Waals surface area (Å²) in [6.45, 7) is 11.8. The van der Waals surface area contributed by atoms with Gasteiger partial charge in [-0.3, -0.25) is 4.79 Å². The van der Waals surface area contributed by atoms with E-state index in [1.165, 1.54) is 5.56 Å². The molecule has 0 atom stereocenters. The molecule has 0 spiro atoms. The Morgan fingerprint density at radius 3 is 2.26 bits per heavy atom. The van der Waals surface area contributed by atoms with Crippen LogP contribution in [0.15, 0.2) is 28.8 Å². The van der Waals surface area contributed by atoms with Gasteiger partial charge in [-0.25, -0.2) is 4.79 Å². The Bertz CT molecular complexity index is 891. The first kappa shape index (κ1) is 22.8. The van der Waals surface area contributed by atoms with Gasteiger partial charge in [0.1, 0.15) is 5.60 Å². The lowest BCUT2D eigenvalue weighted by molar-refractivity contribution is -0.133. The maximum Gasteiger partial charge on any atom is 0.410 e. The number of carbonyl (C=O) groups is 2. The molecule has 2 aromatic rings. The molecule has 0 unspecified atom stereocenters. The number of benzene rings is 1. The van der Waals surface area contributed by atoms with Crippen LogP contribution in [0.1, 0.15) is 58.4 Å². The highest BCUT2D eigenvalue weighted by Gasteiger charge is 2.27. The van der Waals surface area contributed by atoms with Crippen LogP contribution < -0.4 is 0 Å². The molecule has 0 radical (unpaired) electrons. The van der Waals surface area contributed by atoms with Crippen LogP contribution >= 0.6 is 0 Å². The van der Waals surface area contributed by atoms with Crippen molar-refractivity contribution in [3.8, 4) is 11.4 Å². The van der Waals surface area contributed by atoms with Crippen LogP contribution in [-0.4, -0.2) is 63.7 Å². The van der Waals surface area contributed by atoms with Crippen LogP contribution in [0.5, 0.6) is 0 Å². The summed E-state index contributed by atoms with van der Waals surface area (Å²) >= 11 is 0. The van der Waals surface area contributed by atoms with Gasteiger partial charge in [-0.1, -0.05) is 43.3 Å². The minimum Gasteiger partial charge on any atom is -0.444 e. The van der Waals surface area contributed by atoms with Crippen LogP contribution in [0.4, 0.5) is 4.79 Å². The molecular weight excluding hydrogens is 396 g/mol. The first-order valence-electron chi connectivity index (χ1n) is 10.8. The number of aryl methyl sites for hydroxylation is 1. The summed E-state index contributed by atoms with van der Waals surface area (Å²) in [5.41, 5.74) is 1.62. The number of nitrogens with zero attached hydrogens (tertiary/aromatic N) is 4. The van der Waals surface area contributed by atoms with Gasteiger partial charge in [0.2, 0.25) is 17.6 Å². The lowest BCUT2D eigenvalue weighted by Gasteiger charge is -2.35. The summed E-state index contributed by atoms with van der Waals surface area (Å²) in [7, 11) is 0. The molecule has 0 bridgehead atoms. The third-order valence-corrected chi connectivity index (χ3v) is 5.14. The monoisotopic (exact) mass is 428 g/mol. The highest BCUT2D eigenvalue weighted by atomic mass is 16.6. The van der Waals surface area contributed by atoms with E-state index in [4.69, 9.17) is 9.26 Å². The maximum absolute atomic E-state index is 12.6. The minimum atomic E-state index is -0.524. The molecule has 1 aliphatic heterocycles. The predicted molar refractivity (Wildman–Crippen MR) is 117 cm³/mol. The van der Waals surface area contributed by atoms with Crippen LogP contribution in [0.2, 0.25) is 0 Å². The first-order chi connectivity index (χ1) is 14.6. The standard InChI is InChI=1S/C23H32N4O4/c1-16(2)17-6-8-18(9-7-17)21-24-19(31-25-21)10-11-20(28)26-12-14-27(15-13-26)22(29)30-23(3,4)5/h6-9,16H,10-15H2,1-5H3. The second-order valence-electron chi connectivity index (χ2n) is 9.14. The van der Waals surface area contributed by atoms with Gasteiger partial charge >= 0.3 is 6.09 Å². The Morgan fingerprint density at radius 2 is 1.68 bits per heavy atom. The Labute approximate surface area is 183 Å². The molecule has 1 fully saturated rings. The highest BCUT2D eigenvalue weighted by Crippen LogP contribution is 2.21. The molecule has 31 heavy (non-hydrogen) atoms.